The minimum absolute atomic E-state index is 0.188. The van der Waals surface area contributed by atoms with Gasteiger partial charge in [-0.3, -0.25) is 23.8 Å². The Labute approximate surface area is 169 Å². The Morgan fingerprint density at radius 3 is 2.69 bits per heavy atom. The molecule has 29 heavy (non-hydrogen) atoms. The number of ether oxygens (including phenoxy) is 1. The zero-order valence-corrected chi connectivity index (χ0v) is 15.8. The predicted octanol–water partition coefficient (Wildman–Crippen LogP) is 2.63. The fourth-order valence-electron chi connectivity index (χ4n) is 2.78. The highest BCUT2D eigenvalue weighted by atomic mass is 35.5. The van der Waals surface area contributed by atoms with Gasteiger partial charge in [0.05, 0.1) is 16.1 Å². The van der Waals surface area contributed by atoms with Gasteiger partial charge in [-0.15, -0.1) is 0 Å². The molecule has 3 aromatic rings. The van der Waals surface area contributed by atoms with Gasteiger partial charge < -0.3 is 10.1 Å². The molecule has 0 saturated heterocycles. The Morgan fingerprint density at radius 2 is 1.90 bits per heavy atom. The molecule has 4 rings (SSSR count). The molecule has 0 fully saturated rings. The van der Waals surface area contributed by atoms with Crippen molar-refractivity contribution in [2.75, 3.05) is 19.0 Å². The third-order valence-electron chi connectivity index (χ3n) is 4.22. The van der Waals surface area contributed by atoms with E-state index >= 15 is 0 Å². The van der Waals surface area contributed by atoms with E-state index in [2.05, 4.69) is 15.5 Å². The van der Waals surface area contributed by atoms with Crippen molar-refractivity contribution < 1.29 is 23.6 Å². The average molecular weight is 413 g/mol. The van der Waals surface area contributed by atoms with Crippen molar-refractivity contribution in [3.63, 3.8) is 0 Å². The zero-order valence-electron chi connectivity index (χ0n) is 15.0. The van der Waals surface area contributed by atoms with E-state index in [0.717, 1.165) is 4.90 Å². The van der Waals surface area contributed by atoms with E-state index in [1.54, 1.807) is 24.3 Å². The van der Waals surface area contributed by atoms with E-state index in [0.29, 0.717) is 21.8 Å². The number of hydrogen-bond donors (Lipinski definition) is 1. The first kappa shape index (κ1) is 18.6. The number of anilines is 1. The number of carbonyl (C=O) groups excluding carboxylic acids is 3. The minimum atomic E-state index is -0.507. The summed E-state index contributed by atoms with van der Waals surface area (Å²) >= 11 is 6.08. The topological polar surface area (TPSA) is 115 Å². The summed E-state index contributed by atoms with van der Waals surface area (Å²) < 4.78 is 10.2. The van der Waals surface area contributed by atoms with Gasteiger partial charge in [0, 0.05) is 18.3 Å². The van der Waals surface area contributed by atoms with Crippen LogP contribution in [0.2, 0.25) is 5.02 Å². The summed E-state index contributed by atoms with van der Waals surface area (Å²) in [6.45, 7) is -0.395. The van der Waals surface area contributed by atoms with Gasteiger partial charge in [0.2, 0.25) is 5.82 Å². The van der Waals surface area contributed by atoms with E-state index in [-0.39, 0.29) is 23.4 Å². The van der Waals surface area contributed by atoms with Crippen LogP contribution < -0.4 is 10.1 Å². The summed E-state index contributed by atoms with van der Waals surface area (Å²) in [5, 5.41) is 6.80. The summed E-state index contributed by atoms with van der Waals surface area (Å²) in [4.78, 5) is 41.1. The summed E-state index contributed by atoms with van der Waals surface area (Å²) in [6.07, 6.45) is -0.188. The lowest BCUT2D eigenvalue weighted by Crippen LogP contribution is -2.24. The second kappa shape index (κ2) is 7.36. The summed E-state index contributed by atoms with van der Waals surface area (Å²) in [6, 6.07) is 11.4. The summed E-state index contributed by atoms with van der Waals surface area (Å²) in [7, 11) is 1.40. The smallest absolute Gasteiger partial charge is 0.418 e. The van der Waals surface area contributed by atoms with Crippen molar-refractivity contribution in [1.82, 2.24) is 15.0 Å². The molecule has 0 atom stereocenters. The van der Waals surface area contributed by atoms with Crippen LogP contribution in [0.3, 0.4) is 0 Å². The quantitative estimate of drug-likeness (QED) is 0.640. The predicted molar refractivity (Wildman–Crippen MR) is 102 cm³/mol. The zero-order chi connectivity index (χ0) is 20.5. The van der Waals surface area contributed by atoms with Crippen LogP contribution in [-0.2, 0) is 4.79 Å². The Hall–Kier alpha value is -3.72. The van der Waals surface area contributed by atoms with Gasteiger partial charge in [-0.1, -0.05) is 28.9 Å². The Kier molecular flexibility index (Phi) is 4.73. The largest absolute Gasteiger partial charge is 0.439 e. The van der Waals surface area contributed by atoms with Crippen molar-refractivity contribution in [3.05, 3.63) is 58.6 Å². The third kappa shape index (κ3) is 3.55. The molecule has 9 nitrogen and oxygen atoms in total. The normalized spacial score (nSPS) is 12.8. The molecule has 2 aromatic carbocycles. The maximum absolute atomic E-state index is 12.1. The molecule has 0 aliphatic carbocycles. The van der Waals surface area contributed by atoms with Crippen molar-refractivity contribution in [2.24, 2.45) is 0 Å². The maximum Gasteiger partial charge on any atom is 0.418 e. The molecule has 0 spiro atoms. The van der Waals surface area contributed by atoms with E-state index < -0.39 is 18.4 Å². The Bertz CT molecular complexity index is 1140. The van der Waals surface area contributed by atoms with Crippen molar-refractivity contribution in [1.29, 1.82) is 0 Å². The number of nitrogens with zero attached hydrogens (tertiary/aromatic N) is 3. The van der Waals surface area contributed by atoms with Crippen LogP contribution in [0.25, 0.3) is 11.4 Å². The monoisotopic (exact) mass is 412 g/mol. The van der Waals surface area contributed by atoms with E-state index in [9.17, 15) is 14.4 Å². The van der Waals surface area contributed by atoms with E-state index in [1.807, 2.05) is 0 Å². The number of aromatic nitrogens is 2. The lowest BCUT2D eigenvalue weighted by molar-refractivity contribution is -0.118. The van der Waals surface area contributed by atoms with Crippen LogP contribution in [0.4, 0.5) is 5.69 Å². The van der Waals surface area contributed by atoms with Gasteiger partial charge in [-0.2, -0.15) is 4.98 Å². The van der Waals surface area contributed by atoms with Crippen molar-refractivity contribution in [2.45, 2.75) is 0 Å². The highest BCUT2D eigenvalue weighted by molar-refractivity contribution is 6.33. The first-order chi connectivity index (χ1) is 13.9. The Morgan fingerprint density at radius 1 is 1.14 bits per heavy atom. The fraction of sp³-hybridized carbons (Fsp3) is 0.105. The molecule has 1 N–H and O–H groups in total. The van der Waals surface area contributed by atoms with Crippen LogP contribution in [0.5, 0.6) is 6.08 Å². The molecule has 0 saturated carbocycles. The molecule has 0 bridgehead atoms. The lowest BCUT2D eigenvalue weighted by atomic mass is 10.1. The molecule has 3 amide bonds. The SMILES string of the molecule is CN1C(=O)c2ccc(NC(=O)COc3nc(-c4ccccc4Cl)no3)cc2C1=O. The van der Waals surface area contributed by atoms with E-state index in [1.165, 1.54) is 25.2 Å². The molecule has 1 aliphatic rings. The molecule has 146 valence electrons. The number of hydrogen-bond acceptors (Lipinski definition) is 7. The first-order valence-corrected chi connectivity index (χ1v) is 8.79. The third-order valence-corrected chi connectivity index (χ3v) is 4.55. The average Bonchev–Trinajstić information content (AvgIpc) is 3.27. The molecule has 10 heteroatoms. The van der Waals surface area contributed by atoms with Gasteiger partial charge in [0.15, 0.2) is 6.61 Å². The molecule has 1 aromatic heterocycles. The number of amides is 3. The van der Waals surface area contributed by atoms with Crippen molar-refractivity contribution in [3.8, 4) is 17.5 Å². The molecular formula is C19H13ClN4O5. The highest BCUT2D eigenvalue weighted by Crippen LogP contribution is 2.27. The number of nitrogens with one attached hydrogen (secondary N) is 1. The molecule has 0 unspecified atom stereocenters. The number of imide groups is 1. The first-order valence-electron chi connectivity index (χ1n) is 8.42. The van der Waals surface area contributed by atoms with E-state index in [4.69, 9.17) is 20.9 Å². The van der Waals surface area contributed by atoms with Crippen LogP contribution in [-0.4, -0.2) is 46.4 Å². The number of carbonyl (C=O) groups is 3. The molecule has 0 radical (unpaired) electrons. The fourth-order valence-corrected chi connectivity index (χ4v) is 3.00. The van der Waals surface area contributed by atoms with Crippen LogP contribution in [0.15, 0.2) is 47.0 Å². The van der Waals surface area contributed by atoms with Gasteiger partial charge >= 0.3 is 6.08 Å². The maximum atomic E-state index is 12.1. The van der Waals surface area contributed by atoms with Gasteiger partial charge in [-0.25, -0.2) is 0 Å². The van der Waals surface area contributed by atoms with Gasteiger partial charge in [0.25, 0.3) is 17.7 Å². The number of benzene rings is 2. The molecule has 1 aliphatic heterocycles. The number of halogens is 1. The standard InChI is InChI=1S/C19H13ClN4O5/c1-24-17(26)11-7-6-10(8-13(11)18(24)27)21-15(25)9-28-19-22-16(23-29-19)12-4-2-3-5-14(12)20/h2-8H,9H2,1H3,(H,21,25). The van der Waals surface area contributed by atoms with Crippen LogP contribution in [0.1, 0.15) is 20.7 Å². The number of fused-ring (bicyclic) bond motifs is 1. The number of rotatable bonds is 5. The molecule has 2 heterocycles. The summed E-state index contributed by atoms with van der Waals surface area (Å²) in [5.41, 5.74) is 1.46. The second-order valence-electron chi connectivity index (χ2n) is 6.13. The van der Waals surface area contributed by atoms with Gasteiger partial charge in [0.1, 0.15) is 0 Å². The van der Waals surface area contributed by atoms with Crippen LogP contribution >= 0.6 is 11.6 Å². The highest BCUT2D eigenvalue weighted by Gasteiger charge is 2.32. The van der Waals surface area contributed by atoms with Crippen molar-refractivity contribution >= 4 is 35.0 Å². The minimum Gasteiger partial charge on any atom is -0.439 e. The summed E-state index contributed by atoms with van der Waals surface area (Å²) in [5.74, 6) is -1.07. The molecular weight excluding hydrogens is 400 g/mol. The van der Waals surface area contributed by atoms with Crippen LogP contribution in [0, 0.1) is 0 Å². The lowest BCUT2D eigenvalue weighted by Gasteiger charge is -2.06. The second-order valence-corrected chi connectivity index (χ2v) is 6.54. The Balaban J connectivity index is 1.39. The van der Waals surface area contributed by atoms with Gasteiger partial charge in [-0.05, 0) is 30.3 Å².